The zero-order chi connectivity index (χ0) is 14.2. The smallest absolute Gasteiger partial charge is 0.252 e. The summed E-state index contributed by atoms with van der Waals surface area (Å²) in [5, 5.41) is 7.89. The number of hydrogen-bond acceptors (Lipinski definition) is 6. The van der Waals surface area contributed by atoms with Gasteiger partial charge in [0.2, 0.25) is 0 Å². The van der Waals surface area contributed by atoms with Crippen LogP contribution in [0.25, 0.3) is 5.65 Å². The summed E-state index contributed by atoms with van der Waals surface area (Å²) in [7, 11) is -3.64. The molecule has 20 heavy (non-hydrogen) atoms. The maximum Gasteiger partial charge on any atom is 0.252 e. The lowest BCUT2D eigenvalue weighted by Gasteiger charge is -2.02. The molecule has 1 N–H and O–H groups in total. The summed E-state index contributed by atoms with van der Waals surface area (Å²) in [4.78, 5) is 3.71. The van der Waals surface area contributed by atoms with E-state index in [0.29, 0.717) is 11.5 Å². The third kappa shape index (κ3) is 2.52. The number of aromatic nitrogens is 4. The van der Waals surface area contributed by atoms with Gasteiger partial charge < -0.3 is 0 Å². The van der Waals surface area contributed by atoms with Crippen LogP contribution in [0.5, 0.6) is 0 Å². The van der Waals surface area contributed by atoms with E-state index in [1.807, 2.05) is 12.1 Å². The van der Waals surface area contributed by atoms with Crippen molar-refractivity contribution < 1.29 is 8.42 Å². The fourth-order valence-corrected chi connectivity index (χ4v) is 3.92. The number of fused-ring (bicyclic) bond motifs is 1. The minimum atomic E-state index is -3.64. The van der Waals surface area contributed by atoms with Crippen LogP contribution in [0.4, 0.5) is 0 Å². The van der Waals surface area contributed by atoms with Crippen LogP contribution < -0.4 is 4.72 Å². The predicted molar refractivity (Wildman–Crippen MR) is 74.1 cm³/mol. The largest absolute Gasteiger partial charge is 0.285 e. The van der Waals surface area contributed by atoms with Gasteiger partial charge in [-0.1, -0.05) is 29.0 Å². The van der Waals surface area contributed by atoms with E-state index in [1.54, 1.807) is 16.7 Å². The maximum absolute atomic E-state index is 12.0. The number of halogens is 1. The monoisotopic (exact) mass is 329 g/mol. The molecule has 0 aliphatic heterocycles. The van der Waals surface area contributed by atoms with Crippen molar-refractivity contribution in [1.29, 1.82) is 0 Å². The first kappa shape index (κ1) is 13.4. The number of rotatable bonds is 4. The average Bonchev–Trinajstić information content (AvgIpc) is 3.03. The van der Waals surface area contributed by atoms with Crippen molar-refractivity contribution in [3.63, 3.8) is 0 Å². The Balaban J connectivity index is 1.83. The van der Waals surface area contributed by atoms with E-state index in [2.05, 4.69) is 19.9 Å². The lowest BCUT2D eigenvalue weighted by atomic mass is 10.5. The normalized spacial score (nSPS) is 12.1. The highest BCUT2D eigenvalue weighted by Crippen LogP contribution is 2.22. The Bertz CT molecular complexity index is 857. The molecule has 0 aromatic carbocycles. The van der Waals surface area contributed by atoms with Gasteiger partial charge >= 0.3 is 0 Å². The van der Waals surface area contributed by atoms with Crippen molar-refractivity contribution in [2.45, 2.75) is 10.8 Å². The number of nitrogens with one attached hydrogen (secondary N) is 1. The number of hydrogen-bond donors (Lipinski definition) is 1. The molecule has 0 amide bonds. The SMILES string of the molecule is O=S(=O)(NCc1nnc2ccccn12)c1cnc(Cl)s1. The van der Waals surface area contributed by atoms with Crippen LogP contribution in [-0.4, -0.2) is 28.0 Å². The third-order valence-corrected chi connectivity index (χ3v) is 5.50. The summed E-state index contributed by atoms with van der Waals surface area (Å²) < 4.78 is 28.4. The molecule has 3 aromatic heterocycles. The van der Waals surface area contributed by atoms with Gasteiger partial charge in [-0.3, -0.25) is 4.40 Å². The van der Waals surface area contributed by atoms with Gasteiger partial charge in [0.15, 0.2) is 20.1 Å². The topological polar surface area (TPSA) is 89.2 Å². The van der Waals surface area contributed by atoms with Crippen molar-refractivity contribution in [2.24, 2.45) is 0 Å². The van der Waals surface area contributed by atoms with Crippen LogP contribution >= 0.6 is 22.9 Å². The minimum Gasteiger partial charge on any atom is -0.285 e. The molecule has 0 atom stereocenters. The second-order valence-electron chi connectivity index (χ2n) is 3.80. The summed E-state index contributed by atoms with van der Waals surface area (Å²) in [6.07, 6.45) is 2.99. The number of pyridine rings is 1. The lowest BCUT2D eigenvalue weighted by Crippen LogP contribution is -2.23. The molecule has 3 rings (SSSR count). The van der Waals surface area contributed by atoms with Crippen LogP contribution in [0.3, 0.4) is 0 Å². The van der Waals surface area contributed by atoms with Crippen molar-refractivity contribution in [3.05, 3.63) is 40.9 Å². The van der Waals surface area contributed by atoms with E-state index in [4.69, 9.17) is 11.6 Å². The van der Waals surface area contributed by atoms with Gasteiger partial charge in [-0.25, -0.2) is 18.1 Å². The van der Waals surface area contributed by atoms with Gasteiger partial charge in [-0.05, 0) is 12.1 Å². The van der Waals surface area contributed by atoms with Gasteiger partial charge in [0.1, 0.15) is 0 Å². The fourth-order valence-electron chi connectivity index (χ4n) is 1.61. The van der Waals surface area contributed by atoms with Crippen LogP contribution in [0.2, 0.25) is 4.47 Å². The van der Waals surface area contributed by atoms with E-state index >= 15 is 0 Å². The zero-order valence-corrected chi connectivity index (χ0v) is 12.3. The molecule has 10 heteroatoms. The summed E-state index contributed by atoms with van der Waals surface area (Å²) >= 11 is 6.53. The Morgan fingerprint density at radius 2 is 2.20 bits per heavy atom. The molecule has 7 nitrogen and oxygen atoms in total. The first-order chi connectivity index (χ1) is 9.56. The Morgan fingerprint density at radius 1 is 1.35 bits per heavy atom. The van der Waals surface area contributed by atoms with E-state index in [-0.39, 0.29) is 15.2 Å². The fraction of sp³-hybridized carbons (Fsp3) is 0.100. The van der Waals surface area contributed by atoms with Gasteiger partial charge in [0.25, 0.3) is 10.0 Å². The highest BCUT2D eigenvalue weighted by Gasteiger charge is 2.18. The molecule has 3 heterocycles. The van der Waals surface area contributed by atoms with Gasteiger partial charge in [-0.2, -0.15) is 0 Å². The molecular formula is C10H8ClN5O2S2. The van der Waals surface area contributed by atoms with Gasteiger partial charge in [0, 0.05) is 6.20 Å². The molecule has 0 saturated carbocycles. The molecule has 0 unspecified atom stereocenters. The van der Waals surface area contributed by atoms with E-state index in [9.17, 15) is 8.42 Å². The minimum absolute atomic E-state index is 0.0308. The number of nitrogens with zero attached hydrogens (tertiary/aromatic N) is 4. The summed E-state index contributed by atoms with van der Waals surface area (Å²) in [6.45, 7) is 0.0308. The molecule has 0 fully saturated rings. The molecule has 0 bridgehead atoms. The Labute approximate surface area is 123 Å². The summed E-state index contributed by atoms with van der Waals surface area (Å²) in [5.41, 5.74) is 0.655. The third-order valence-electron chi connectivity index (χ3n) is 2.53. The Morgan fingerprint density at radius 3 is 2.95 bits per heavy atom. The van der Waals surface area contributed by atoms with Crippen LogP contribution in [-0.2, 0) is 16.6 Å². The molecule has 104 valence electrons. The molecular weight excluding hydrogens is 322 g/mol. The summed E-state index contributed by atoms with van der Waals surface area (Å²) in [6, 6.07) is 5.43. The highest BCUT2D eigenvalue weighted by atomic mass is 35.5. The van der Waals surface area contributed by atoms with Crippen molar-refractivity contribution in [3.8, 4) is 0 Å². The molecule has 0 aliphatic carbocycles. The highest BCUT2D eigenvalue weighted by molar-refractivity contribution is 7.91. The lowest BCUT2D eigenvalue weighted by molar-refractivity contribution is 0.580. The Kier molecular flexibility index (Phi) is 3.42. The molecule has 0 aliphatic rings. The summed E-state index contributed by atoms with van der Waals surface area (Å²) in [5.74, 6) is 0.500. The number of sulfonamides is 1. The average molecular weight is 330 g/mol. The first-order valence-electron chi connectivity index (χ1n) is 5.46. The standard InChI is InChI=1S/C10H8ClN5O2S2/c11-10-12-6-9(19-10)20(17,18)13-5-8-15-14-7-3-1-2-4-16(7)8/h1-4,6,13H,5H2. The van der Waals surface area contributed by atoms with E-state index in [1.165, 1.54) is 6.20 Å². The second kappa shape index (κ2) is 5.09. The van der Waals surface area contributed by atoms with Crippen molar-refractivity contribution in [2.75, 3.05) is 0 Å². The molecule has 0 spiro atoms. The van der Waals surface area contributed by atoms with Gasteiger partial charge in [0.05, 0.1) is 12.7 Å². The molecule has 0 radical (unpaired) electrons. The van der Waals surface area contributed by atoms with Crippen molar-refractivity contribution in [1.82, 2.24) is 24.3 Å². The van der Waals surface area contributed by atoms with E-state index < -0.39 is 10.0 Å². The maximum atomic E-state index is 12.0. The Hall–Kier alpha value is -1.55. The quantitative estimate of drug-likeness (QED) is 0.779. The van der Waals surface area contributed by atoms with E-state index in [0.717, 1.165) is 11.3 Å². The van der Waals surface area contributed by atoms with Gasteiger partial charge in [-0.15, -0.1) is 10.2 Å². The molecule has 0 saturated heterocycles. The second-order valence-corrected chi connectivity index (χ2v) is 7.41. The predicted octanol–water partition coefficient (Wildman–Crippen LogP) is 1.32. The first-order valence-corrected chi connectivity index (χ1v) is 8.14. The number of thiazole rings is 1. The van der Waals surface area contributed by atoms with Crippen LogP contribution in [0, 0.1) is 0 Å². The van der Waals surface area contributed by atoms with Crippen LogP contribution in [0.1, 0.15) is 5.82 Å². The molecule has 3 aromatic rings. The van der Waals surface area contributed by atoms with Crippen molar-refractivity contribution >= 4 is 38.6 Å². The van der Waals surface area contributed by atoms with Crippen LogP contribution in [0.15, 0.2) is 34.8 Å². The zero-order valence-electron chi connectivity index (χ0n) is 9.89.